The molecule has 1 heterocycles. The van der Waals surface area contributed by atoms with Crippen molar-refractivity contribution in [3.8, 4) is 11.4 Å². The van der Waals surface area contributed by atoms with E-state index in [1.165, 1.54) is 12.1 Å². The number of halogens is 7. The number of hydrogen-bond donors (Lipinski definition) is 1. The summed E-state index contributed by atoms with van der Waals surface area (Å²) in [6, 6.07) is 4.35. The molecule has 1 N–H and O–H groups in total. The van der Waals surface area contributed by atoms with E-state index in [1.54, 1.807) is 0 Å². The molecule has 0 unspecified atom stereocenters. The first-order chi connectivity index (χ1) is 16.2. The van der Waals surface area contributed by atoms with Gasteiger partial charge in [0.15, 0.2) is 6.10 Å². The summed E-state index contributed by atoms with van der Waals surface area (Å²) < 4.78 is 89.1. The maximum Gasteiger partial charge on any atom is 0.425 e. The predicted octanol–water partition coefficient (Wildman–Crippen LogP) is 5.00. The number of carboxylic acids is 1. The third-order valence-electron chi connectivity index (χ3n) is 4.74. The van der Waals surface area contributed by atoms with E-state index < -0.39 is 69.8 Å². The Morgan fingerprint density at radius 1 is 1.23 bits per heavy atom. The number of aromatic carboxylic acids is 1. The number of hydrogen-bond acceptors (Lipinski definition) is 4. The van der Waals surface area contributed by atoms with Crippen molar-refractivity contribution in [1.29, 1.82) is 0 Å². The molecule has 0 spiro atoms. The van der Waals surface area contributed by atoms with Gasteiger partial charge in [0.05, 0.1) is 10.6 Å². The average molecular weight is 522 g/mol. The summed E-state index contributed by atoms with van der Waals surface area (Å²) in [5.74, 6) is -7.07. The van der Waals surface area contributed by atoms with Crippen LogP contribution in [0, 0.1) is 11.6 Å². The van der Waals surface area contributed by atoms with Gasteiger partial charge >= 0.3 is 17.8 Å². The van der Waals surface area contributed by atoms with Crippen molar-refractivity contribution < 1.29 is 41.0 Å². The van der Waals surface area contributed by atoms with Gasteiger partial charge in [0.1, 0.15) is 28.9 Å². The monoisotopic (exact) mass is 521 g/mol. The Hall–Kier alpha value is -3.74. The van der Waals surface area contributed by atoms with Crippen LogP contribution in [0.25, 0.3) is 17.6 Å². The minimum absolute atomic E-state index is 0.232. The molecule has 3 rings (SSSR count). The highest BCUT2D eigenvalue weighted by Crippen LogP contribution is 2.36. The van der Waals surface area contributed by atoms with E-state index in [2.05, 4.69) is 5.10 Å². The Balaban J connectivity index is 2.25. The molecule has 7 nitrogen and oxygen atoms in total. The van der Waals surface area contributed by atoms with Crippen molar-refractivity contribution >= 4 is 29.5 Å². The van der Waals surface area contributed by atoms with Gasteiger partial charge in [-0.25, -0.2) is 22.8 Å². The van der Waals surface area contributed by atoms with Crippen molar-refractivity contribution in [3.63, 3.8) is 0 Å². The molecule has 0 fully saturated rings. The maximum atomic E-state index is 15.1. The van der Waals surface area contributed by atoms with Crippen LogP contribution < -0.4 is 10.4 Å². The number of carbonyl (C=O) groups is 1. The molecule has 0 amide bonds. The SMILES string of the molecule is C[C@H](Oc1cc(-n2nc(C(=O)O)n(C)c2=O)c(F)cc1/C(F)=C/c1c(F)cccc1Cl)C(F)(F)F. The molecule has 35 heavy (non-hydrogen) atoms. The summed E-state index contributed by atoms with van der Waals surface area (Å²) in [5.41, 5.74) is -3.29. The molecule has 2 aromatic carbocycles. The number of ether oxygens (including phenoxy) is 1. The van der Waals surface area contributed by atoms with Gasteiger partial charge in [0, 0.05) is 18.7 Å². The summed E-state index contributed by atoms with van der Waals surface area (Å²) in [7, 11) is 1.02. The van der Waals surface area contributed by atoms with Crippen LogP contribution in [0.1, 0.15) is 28.7 Å². The topological polar surface area (TPSA) is 86.3 Å². The van der Waals surface area contributed by atoms with Gasteiger partial charge in [-0.05, 0) is 31.2 Å². The molecule has 1 atom stereocenters. The molecule has 3 aromatic rings. The van der Waals surface area contributed by atoms with Gasteiger partial charge < -0.3 is 9.84 Å². The van der Waals surface area contributed by atoms with Gasteiger partial charge in [-0.1, -0.05) is 17.7 Å². The van der Waals surface area contributed by atoms with Crippen LogP contribution in [0.4, 0.5) is 26.3 Å². The Bertz CT molecular complexity index is 1380. The molecule has 0 aliphatic carbocycles. The average Bonchev–Trinajstić information content (AvgIpc) is 3.05. The highest BCUT2D eigenvalue weighted by molar-refractivity contribution is 6.32. The number of aromatic nitrogens is 3. The van der Waals surface area contributed by atoms with Crippen LogP contribution in [0.3, 0.4) is 0 Å². The number of carboxylic acid groups (broad SMARTS) is 1. The largest absolute Gasteiger partial charge is 0.480 e. The van der Waals surface area contributed by atoms with Crippen molar-refractivity contribution in [3.05, 3.63) is 74.4 Å². The highest BCUT2D eigenvalue weighted by atomic mass is 35.5. The number of alkyl halides is 3. The molecule has 1 aromatic heterocycles. The van der Waals surface area contributed by atoms with Gasteiger partial charge in [-0.2, -0.15) is 17.9 Å². The van der Waals surface area contributed by atoms with Crippen LogP contribution >= 0.6 is 11.6 Å². The fourth-order valence-electron chi connectivity index (χ4n) is 2.88. The lowest BCUT2D eigenvalue weighted by atomic mass is 10.1. The third kappa shape index (κ3) is 5.19. The van der Waals surface area contributed by atoms with E-state index in [0.29, 0.717) is 29.7 Å². The summed E-state index contributed by atoms with van der Waals surface area (Å²) >= 11 is 5.84. The van der Waals surface area contributed by atoms with Gasteiger partial charge in [0.25, 0.3) is 0 Å². The first kappa shape index (κ1) is 25.9. The Labute approximate surface area is 197 Å². The molecule has 0 radical (unpaired) electrons. The van der Waals surface area contributed by atoms with Crippen molar-refractivity contribution in [2.45, 2.75) is 19.2 Å². The van der Waals surface area contributed by atoms with Gasteiger partial charge in [-0.3, -0.25) is 4.57 Å². The Morgan fingerprint density at radius 2 is 1.89 bits per heavy atom. The molecule has 0 saturated heterocycles. The lowest BCUT2D eigenvalue weighted by molar-refractivity contribution is -0.189. The molecular formula is C21H14ClF6N3O4. The first-order valence-electron chi connectivity index (χ1n) is 9.50. The minimum atomic E-state index is -4.92. The summed E-state index contributed by atoms with van der Waals surface area (Å²) in [6.45, 7) is 0.595. The molecule has 0 saturated carbocycles. The molecule has 0 aliphatic rings. The standard InChI is InChI=1S/C21H14ClF6N3O4/c1-9(21(26,27)28)35-17-8-16(31-20(34)30(2)18(29-31)19(32)33)15(25)7-11(17)14(24)6-10-12(22)4-3-5-13(10)23/h3-9H,1-2H3,(H,32,33)/b14-6-/t9-/m0/s1. The van der Waals surface area contributed by atoms with E-state index in [0.717, 1.165) is 13.1 Å². The van der Waals surface area contributed by atoms with Crippen LogP contribution in [-0.4, -0.2) is 37.7 Å². The summed E-state index contributed by atoms with van der Waals surface area (Å²) in [4.78, 5) is 23.6. The second-order valence-corrected chi connectivity index (χ2v) is 7.52. The van der Waals surface area contributed by atoms with Crippen LogP contribution in [0.2, 0.25) is 5.02 Å². The second-order valence-electron chi connectivity index (χ2n) is 7.11. The maximum absolute atomic E-state index is 15.1. The quantitative estimate of drug-likeness (QED) is 0.364. The zero-order valence-corrected chi connectivity index (χ0v) is 18.5. The molecular weight excluding hydrogens is 508 g/mol. The van der Waals surface area contributed by atoms with E-state index in [9.17, 15) is 31.5 Å². The molecule has 0 bridgehead atoms. The fraction of sp³-hybridized carbons (Fsp3) is 0.190. The van der Waals surface area contributed by atoms with Crippen LogP contribution in [0.15, 0.2) is 35.1 Å². The van der Waals surface area contributed by atoms with Crippen molar-refractivity contribution in [1.82, 2.24) is 14.3 Å². The first-order valence-corrected chi connectivity index (χ1v) is 9.88. The van der Waals surface area contributed by atoms with Gasteiger partial charge in [-0.15, -0.1) is 5.10 Å². The third-order valence-corrected chi connectivity index (χ3v) is 5.07. The Morgan fingerprint density at radius 3 is 2.43 bits per heavy atom. The number of nitrogens with zero attached hydrogens (tertiary/aromatic N) is 3. The predicted molar refractivity (Wildman–Crippen MR) is 112 cm³/mol. The van der Waals surface area contributed by atoms with Gasteiger partial charge in [0.2, 0.25) is 5.82 Å². The Kier molecular flexibility index (Phi) is 7.01. The summed E-state index contributed by atoms with van der Waals surface area (Å²) in [6.07, 6.45) is -6.90. The number of benzene rings is 2. The van der Waals surface area contributed by atoms with E-state index in [-0.39, 0.29) is 9.70 Å². The highest BCUT2D eigenvalue weighted by Gasteiger charge is 2.39. The molecule has 186 valence electrons. The van der Waals surface area contributed by atoms with E-state index >= 15 is 4.39 Å². The zero-order valence-electron chi connectivity index (χ0n) is 17.7. The molecule has 0 aliphatic heterocycles. The fourth-order valence-corrected chi connectivity index (χ4v) is 3.10. The second kappa shape index (κ2) is 9.49. The smallest absolute Gasteiger partial charge is 0.425 e. The van der Waals surface area contributed by atoms with Crippen LogP contribution in [0.5, 0.6) is 5.75 Å². The van der Waals surface area contributed by atoms with Crippen molar-refractivity contribution in [2.24, 2.45) is 7.05 Å². The lowest BCUT2D eigenvalue weighted by Gasteiger charge is -2.20. The number of rotatable bonds is 6. The van der Waals surface area contributed by atoms with Crippen molar-refractivity contribution in [2.75, 3.05) is 0 Å². The minimum Gasteiger partial charge on any atom is -0.480 e. The summed E-state index contributed by atoms with van der Waals surface area (Å²) in [5, 5.41) is 12.3. The lowest BCUT2D eigenvalue weighted by Crippen LogP contribution is -2.31. The molecule has 14 heteroatoms. The van der Waals surface area contributed by atoms with E-state index in [4.69, 9.17) is 21.4 Å². The normalized spacial score (nSPS) is 13.1. The zero-order chi connectivity index (χ0) is 26.2. The van der Waals surface area contributed by atoms with Crippen LogP contribution in [-0.2, 0) is 7.05 Å². The van der Waals surface area contributed by atoms with E-state index in [1.807, 2.05) is 0 Å².